The number of sulfonamides is 1. The van der Waals surface area contributed by atoms with Crippen molar-refractivity contribution in [3.05, 3.63) is 50.6 Å². The van der Waals surface area contributed by atoms with Gasteiger partial charge in [-0.05, 0) is 47.1 Å². The lowest BCUT2D eigenvalue weighted by Gasteiger charge is -2.15. The standard InChI is InChI=1S/C14H16BrNO3S2/c1-10-7-8-13(20-10)12(19-2)9-16-21(17,18)14-6-4-3-5-11(14)15/h3-8,12,16H,9H2,1-2H3/t12-/m0/s1. The number of methoxy groups -OCH3 is 1. The number of halogens is 1. The van der Waals surface area contributed by atoms with Crippen molar-refractivity contribution in [1.29, 1.82) is 0 Å². The summed E-state index contributed by atoms with van der Waals surface area (Å²) in [4.78, 5) is 2.40. The van der Waals surface area contributed by atoms with Crippen LogP contribution in [-0.2, 0) is 14.8 Å². The zero-order chi connectivity index (χ0) is 15.5. The van der Waals surface area contributed by atoms with Gasteiger partial charge in [-0.25, -0.2) is 13.1 Å². The highest BCUT2D eigenvalue weighted by atomic mass is 79.9. The Hall–Kier alpha value is -0.730. The summed E-state index contributed by atoms with van der Waals surface area (Å²) in [5.41, 5.74) is 0. The summed E-state index contributed by atoms with van der Waals surface area (Å²) in [6, 6.07) is 10.7. The first-order valence-electron chi connectivity index (χ1n) is 6.27. The lowest BCUT2D eigenvalue weighted by atomic mass is 10.3. The van der Waals surface area contributed by atoms with Gasteiger partial charge in [0, 0.05) is 27.9 Å². The van der Waals surface area contributed by atoms with Crippen LogP contribution in [0.25, 0.3) is 0 Å². The first-order chi connectivity index (χ1) is 9.94. The van der Waals surface area contributed by atoms with Gasteiger partial charge in [-0.1, -0.05) is 12.1 Å². The molecule has 0 fully saturated rings. The first kappa shape index (κ1) is 16.6. The average molecular weight is 390 g/mol. The van der Waals surface area contributed by atoms with E-state index >= 15 is 0 Å². The first-order valence-corrected chi connectivity index (χ1v) is 9.36. The number of aryl methyl sites for hydroxylation is 1. The molecule has 114 valence electrons. The zero-order valence-corrected chi connectivity index (χ0v) is 14.9. The molecule has 1 N–H and O–H groups in total. The molecule has 0 aliphatic heterocycles. The molecule has 0 aliphatic rings. The lowest BCUT2D eigenvalue weighted by molar-refractivity contribution is 0.110. The van der Waals surface area contributed by atoms with E-state index in [1.165, 1.54) is 4.88 Å². The molecule has 0 saturated carbocycles. The molecule has 1 aromatic heterocycles. The second kappa shape index (κ2) is 7.02. The molecule has 0 spiro atoms. The van der Waals surface area contributed by atoms with Crippen LogP contribution in [0.15, 0.2) is 45.8 Å². The predicted molar refractivity (Wildman–Crippen MR) is 88.1 cm³/mol. The largest absolute Gasteiger partial charge is 0.375 e. The minimum Gasteiger partial charge on any atom is -0.375 e. The summed E-state index contributed by atoms with van der Waals surface area (Å²) in [6.07, 6.45) is -0.291. The normalized spacial score (nSPS) is 13.3. The van der Waals surface area contributed by atoms with E-state index < -0.39 is 10.0 Å². The molecule has 2 rings (SSSR count). The Morgan fingerprint density at radius 1 is 1.29 bits per heavy atom. The van der Waals surface area contributed by atoms with E-state index in [-0.39, 0.29) is 17.5 Å². The van der Waals surface area contributed by atoms with E-state index in [4.69, 9.17) is 4.74 Å². The van der Waals surface area contributed by atoms with Gasteiger partial charge < -0.3 is 4.74 Å². The SMILES string of the molecule is CO[C@@H](CNS(=O)(=O)c1ccccc1Br)c1ccc(C)s1. The van der Waals surface area contributed by atoms with E-state index in [2.05, 4.69) is 20.7 Å². The lowest BCUT2D eigenvalue weighted by Crippen LogP contribution is -2.29. The summed E-state index contributed by atoms with van der Waals surface area (Å²) in [6.45, 7) is 2.20. The maximum atomic E-state index is 12.3. The van der Waals surface area contributed by atoms with Crippen molar-refractivity contribution < 1.29 is 13.2 Å². The summed E-state index contributed by atoms with van der Waals surface area (Å²) in [5, 5.41) is 0. The van der Waals surface area contributed by atoms with Crippen molar-refractivity contribution in [3.8, 4) is 0 Å². The molecule has 0 radical (unpaired) electrons. The Bertz CT molecular complexity index is 713. The summed E-state index contributed by atoms with van der Waals surface area (Å²) in [5.74, 6) is 0. The van der Waals surface area contributed by atoms with Crippen LogP contribution in [-0.4, -0.2) is 22.1 Å². The van der Waals surface area contributed by atoms with Crippen molar-refractivity contribution in [2.75, 3.05) is 13.7 Å². The highest BCUT2D eigenvalue weighted by Crippen LogP contribution is 2.26. The van der Waals surface area contributed by atoms with Gasteiger partial charge in [-0.15, -0.1) is 11.3 Å². The molecular weight excluding hydrogens is 374 g/mol. The van der Waals surface area contributed by atoms with E-state index in [1.807, 2.05) is 19.1 Å². The fourth-order valence-corrected chi connectivity index (χ4v) is 4.84. The third-order valence-electron chi connectivity index (χ3n) is 2.95. The van der Waals surface area contributed by atoms with Crippen molar-refractivity contribution in [2.45, 2.75) is 17.9 Å². The molecule has 4 nitrogen and oxygen atoms in total. The minimum atomic E-state index is -3.57. The fourth-order valence-electron chi connectivity index (χ4n) is 1.85. The Morgan fingerprint density at radius 2 is 2.00 bits per heavy atom. The summed E-state index contributed by atoms with van der Waals surface area (Å²) < 4.78 is 33.2. The van der Waals surface area contributed by atoms with Crippen LogP contribution in [0, 0.1) is 6.92 Å². The van der Waals surface area contributed by atoms with Gasteiger partial charge in [-0.3, -0.25) is 0 Å². The molecule has 7 heteroatoms. The fraction of sp³-hybridized carbons (Fsp3) is 0.286. The van der Waals surface area contributed by atoms with Gasteiger partial charge in [0.05, 0.1) is 4.90 Å². The summed E-state index contributed by atoms with van der Waals surface area (Å²) >= 11 is 4.86. The number of hydrogen-bond donors (Lipinski definition) is 1. The van der Waals surface area contributed by atoms with Crippen LogP contribution in [0.2, 0.25) is 0 Å². The van der Waals surface area contributed by atoms with E-state index in [0.717, 1.165) is 4.88 Å². The molecule has 0 bridgehead atoms. The molecule has 1 aromatic carbocycles. The second-order valence-corrected chi connectivity index (χ2v) is 8.36. The number of benzene rings is 1. The van der Waals surface area contributed by atoms with Crippen molar-refractivity contribution in [1.82, 2.24) is 4.72 Å². The third kappa shape index (κ3) is 4.14. The monoisotopic (exact) mass is 389 g/mol. The number of nitrogens with one attached hydrogen (secondary N) is 1. The zero-order valence-electron chi connectivity index (χ0n) is 11.7. The molecule has 1 heterocycles. The topological polar surface area (TPSA) is 55.4 Å². The third-order valence-corrected chi connectivity index (χ3v) is 6.48. The maximum absolute atomic E-state index is 12.3. The second-order valence-electron chi connectivity index (χ2n) is 4.46. The van der Waals surface area contributed by atoms with E-state index in [1.54, 1.807) is 42.7 Å². The van der Waals surface area contributed by atoms with Gasteiger partial charge in [0.2, 0.25) is 10.0 Å². The van der Waals surface area contributed by atoms with Gasteiger partial charge in [-0.2, -0.15) is 0 Å². The Labute approximate surface area is 137 Å². The number of rotatable bonds is 6. The summed E-state index contributed by atoms with van der Waals surface area (Å²) in [7, 11) is -1.99. The number of thiophene rings is 1. The average Bonchev–Trinajstić information content (AvgIpc) is 2.86. The van der Waals surface area contributed by atoms with E-state index in [9.17, 15) is 8.42 Å². The molecule has 0 unspecified atom stereocenters. The number of ether oxygens (including phenoxy) is 1. The smallest absolute Gasteiger partial charge is 0.241 e. The molecule has 0 saturated heterocycles. The Balaban J connectivity index is 2.12. The molecule has 1 atom stereocenters. The van der Waals surface area contributed by atoms with Gasteiger partial charge in [0.1, 0.15) is 6.10 Å². The van der Waals surface area contributed by atoms with Crippen molar-refractivity contribution >= 4 is 37.3 Å². The van der Waals surface area contributed by atoms with Crippen LogP contribution < -0.4 is 4.72 Å². The van der Waals surface area contributed by atoms with Crippen molar-refractivity contribution in [2.24, 2.45) is 0 Å². The van der Waals surface area contributed by atoms with Crippen LogP contribution in [0.5, 0.6) is 0 Å². The van der Waals surface area contributed by atoms with Crippen LogP contribution in [0.1, 0.15) is 15.9 Å². The Kier molecular flexibility index (Phi) is 5.56. The quantitative estimate of drug-likeness (QED) is 0.822. The number of hydrogen-bond acceptors (Lipinski definition) is 4. The van der Waals surface area contributed by atoms with Crippen molar-refractivity contribution in [3.63, 3.8) is 0 Å². The molecule has 21 heavy (non-hydrogen) atoms. The maximum Gasteiger partial charge on any atom is 0.241 e. The molecule has 2 aromatic rings. The van der Waals surface area contributed by atoms with Crippen LogP contribution in [0.3, 0.4) is 0 Å². The van der Waals surface area contributed by atoms with Crippen LogP contribution in [0.4, 0.5) is 0 Å². The Morgan fingerprint density at radius 3 is 2.57 bits per heavy atom. The van der Waals surface area contributed by atoms with E-state index in [0.29, 0.717) is 4.47 Å². The molecule has 0 aliphatic carbocycles. The van der Waals surface area contributed by atoms with Gasteiger partial charge in [0.15, 0.2) is 0 Å². The van der Waals surface area contributed by atoms with Gasteiger partial charge >= 0.3 is 0 Å². The molecular formula is C14H16BrNO3S2. The highest BCUT2D eigenvalue weighted by Gasteiger charge is 2.20. The highest BCUT2D eigenvalue weighted by molar-refractivity contribution is 9.10. The molecule has 0 amide bonds. The van der Waals surface area contributed by atoms with Gasteiger partial charge in [0.25, 0.3) is 0 Å². The predicted octanol–water partition coefficient (Wildman–Crippen LogP) is 3.49. The minimum absolute atomic E-state index is 0.195. The van der Waals surface area contributed by atoms with Crippen LogP contribution >= 0.6 is 27.3 Å².